The van der Waals surface area contributed by atoms with E-state index in [9.17, 15) is 0 Å². The van der Waals surface area contributed by atoms with Gasteiger partial charge in [-0.2, -0.15) is 0 Å². The van der Waals surface area contributed by atoms with E-state index in [-0.39, 0.29) is 5.41 Å². The molecule has 1 heterocycles. The number of pyridine rings is 1. The van der Waals surface area contributed by atoms with Crippen molar-refractivity contribution >= 4 is 11.6 Å². The Morgan fingerprint density at radius 2 is 1.95 bits per heavy atom. The van der Waals surface area contributed by atoms with Crippen LogP contribution in [0.1, 0.15) is 37.5 Å². The molecule has 0 aliphatic rings. The third kappa shape index (κ3) is 3.51. The molecule has 3 heteroatoms. The van der Waals surface area contributed by atoms with E-state index in [4.69, 9.17) is 16.3 Å². The number of benzene rings is 1. The first kappa shape index (κ1) is 14.9. The fourth-order valence-corrected chi connectivity index (χ4v) is 2.22. The molecular weight excluding hydrogens is 270 g/mol. The second kappa shape index (κ2) is 5.84. The molecule has 0 aliphatic heterocycles. The second-order valence-corrected chi connectivity index (χ2v) is 6.35. The van der Waals surface area contributed by atoms with Crippen molar-refractivity contribution < 1.29 is 4.74 Å². The molecule has 0 amide bonds. The monoisotopic (exact) mass is 289 g/mol. The lowest BCUT2D eigenvalue weighted by Crippen LogP contribution is -2.13. The smallest absolute Gasteiger partial charge is 0.135 e. The van der Waals surface area contributed by atoms with E-state index in [2.05, 4.69) is 50.9 Å². The van der Waals surface area contributed by atoms with Crippen LogP contribution in [-0.2, 0) is 12.0 Å². The molecule has 0 unspecified atom stereocenters. The number of rotatable bonds is 3. The van der Waals surface area contributed by atoms with E-state index < -0.39 is 0 Å². The zero-order valence-electron chi connectivity index (χ0n) is 12.4. The molecule has 2 aromatic rings. The van der Waals surface area contributed by atoms with Crippen molar-refractivity contribution in [3.63, 3.8) is 0 Å². The molecule has 0 fully saturated rings. The van der Waals surface area contributed by atoms with Crippen LogP contribution in [0, 0.1) is 6.92 Å². The third-order valence-electron chi connectivity index (χ3n) is 3.16. The minimum Gasteiger partial charge on any atom is -0.488 e. The Kier molecular flexibility index (Phi) is 4.34. The molecule has 0 radical (unpaired) electrons. The minimum atomic E-state index is 0.0434. The van der Waals surface area contributed by atoms with Gasteiger partial charge in [-0.25, -0.2) is 4.98 Å². The SMILES string of the molecule is Cc1ccc(C(C)(C)C)c(OCc2cccnc2Cl)c1. The average molecular weight is 290 g/mol. The van der Waals surface area contributed by atoms with Gasteiger partial charge in [-0.3, -0.25) is 0 Å². The summed E-state index contributed by atoms with van der Waals surface area (Å²) in [5.74, 6) is 0.914. The van der Waals surface area contributed by atoms with Gasteiger partial charge in [0, 0.05) is 11.8 Å². The van der Waals surface area contributed by atoms with Crippen molar-refractivity contribution in [2.75, 3.05) is 0 Å². The highest BCUT2D eigenvalue weighted by Gasteiger charge is 2.19. The lowest BCUT2D eigenvalue weighted by molar-refractivity contribution is 0.297. The van der Waals surface area contributed by atoms with Crippen molar-refractivity contribution in [3.8, 4) is 5.75 Å². The molecule has 0 bridgehead atoms. The Morgan fingerprint density at radius 3 is 2.60 bits per heavy atom. The Bertz CT molecular complexity index is 602. The molecule has 0 N–H and O–H groups in total. The maximum absolute atomic E-state index is 6.06. The number of hydrogen-bond acceptors (Lipinski definition) is 2. The summed E-state index contributed by atoms with van der Waals surface area (Å²) >= 11 is 6.06. The van der Waals surface area contributed by atoms with Crippen molar-refractivity contribution in [2.24, 2.45) is 0 Å². The number of ether oxygens (including phenoxy) is 1. The minimum absolute atomic E-state index is 0.0434. The molecule has 1 aromatic carbocycles. The van der Waals surface area contributed by atoms with Crippen LogP contribution < -0.4 is 4.74 Å². The molecule has 20 heavy (non-hydrogen) atoms. The fraction of sp³-hybridized carbons (Fsp3) is 0.353. The van der Waals surface area contributed by atoms with E-state index in [0.29, 0.717) is 11.8 Å². The molecule has 2 rings (SSSR count). The fourth-order valence-electron chi connectivity index (χ4n) is 2.05. The molecule has 0 atom stereocenters. The van der Waals surface area contributed by atoms with Gasteiger partial charge < -0.3 is 4.74 Å². The van der Waals surface area contributed by atoms with Crippen LogP contribution in [-0.4, -0.2) is 4.98 Å². The maximum Gasteiger partial charge on any atom is 0.135 e. The molecule has 0 saturated carbocycles. The lowest BCUT2D eigenvalue weighted by Gasteiger charge is -2.23. The largest absolute Gasteiger partial charge is 0.488 e. The summed E-state index contributed by atoms with van der Waals surface area (Å²) in [4.78, 5) is 4.07. The van der Waals surface area contributed by atoms with Gasteiger partial charge in [0.15, 0.2) is 0 Å². The molecule has 0 spiro atoms. The van der Waals surface area contributed by atoms with E-state index in [1.165, 1.54) is 11.1 Å². The van der Waals surface area contributed by atoms with Crippen LogP contribution in [0.25, 0.3) is 0 Å². The predicted octanol–water partition coefficient (Wildman–Crippen LogP) is 4.92. The second-order valence-electron chi connectivity index (χ2n) is 5.99. The van der Waals surface area contributed by atoms with Crippen molar-refractivity contribution in [1.29, 1.82) is 0 Å². The first-order chi connectivity index (χ1) is 9.38. The lowest BCUT2D eigenvalue weighted by atomic mass is 9.86. The number of nitrogens with zero attached hydrogens (tertiary/aromatic N) is 1. The van der Waals surface area contributed by atoms with Gasteiger partial charge >= 0.3 is 0 Å². The summed E-state index contributed by atoms with van der Waals surface area (Å²) in [6, 6.07) is 10.1. The quantitative estimate of drug-likeness (QED) is 0.748. The first-order valence-electron chi connectivity index (χ1n) is 6.71. The van der Waals surface area contributed by atoms with E-state index in [1.54, 1.807) is 6.20 Å². The predicted molar refractivity (Wildman–Crippen MR) is 83.5 cm³/mol. The van der Waals surface area contributed by atoms with Crippen LogP contribution in [0.3, 0.4) is 0 Å². The maximum atomic E-state index is 6.06. The molecule has 0 aliphatic carbocycles. The Balaban J connectivity index is 2.25. The standard InChI is InChI=1S/C17H20ClNO/c1-12-7-8-14(17(2,3)4)15(10-12)20-11-13-6-5-9-19-16(13)18/h5-10H,11H2,1-4H3. The highest BCUT2D eigenvalue weighted by atomic mass is 35.5. The van der Waals surface area contributed by atoms with Gasteiger partial charge in [-0.05, 0) is 35.6 Å². The molecular formula is C17H20ClNO. The summed E-state index contributed by atoms with van der Waals surface area (Å²) in [5.41, 5.74) is 3.32. The van der Waals surface area contributed by atoms with Crippen molar-refractivity contribution in [1.82, 2.24) is 4.98 Å². The Hall–Kier alpha value is -1.54. The van der Waals surface area contributed by atoms with Gasteiger partial charge in [-0.15, -0.1) is 0 Å². The van der Waals surface area contributed by atoms with E-state index in [1.807, 2.05) is 12.1 Å². The summed E-state index contributed by atoms with van der Waals surface area (Å²) in [6.45, 7) is 9.04. The van der Waals surface area contributed by atoms with Gasteiger partial charge in [0.05, 0.1) is 0 Å². The first-order valence-corrected chi connectivity index (χ1v) is 7.09. The number of halogens is 1. The van der Waals surface area contributed by atoms with E-state index >= 15 is 0 Å². The van der Waals surface area contributed by atoms with Crippen molar-refractivity contribution in [3.05, 3.63) is 58.4 Å². The zero-order valence-corrected chi connectivity index (χ0v) is 13.2. The van der Waals surface area contributed by atoms with E-state index in [0.717, 1.165) is 11.3 Å². The van der Waals surface area contributed by atoms with Crippen LogP contribution in [0.15, 0.2) is 36.5 Å². The Labute approximate surface area is 125 Å². The summed E-state index contributed by atoms with van der Waals surface area (Å²) < 4.78 is 5.99. The van der Waals surface area contributed by atoms with Crippen LogP contribution in [0.4, 0.5) is 0 Å². The van der Waals surface area contributed by atoms with Crippen LogP contribution in [0.5, 0.6) is 5.75 Å². The molecule has 106 valence electrons. The zero-order chi connectivity index (χ0) is 14.8. The number of aromatic nitrogens is 1. The molecule has 0 saturated heterocycles. The summed E-state index contributed by atoms with van der Waals surface area (Å²) in [6.07, 6.45) is 1.68. The van der Waals surface area contributed by atoms with Gasteiger partial charge in [0.25, 0.3) is 0 Å². The topological polar surface area (TPSA) is 22.1 Å². The highest BCUT2D eigenvalue weighted by Crippen LogP contribution is 2.32. The normalized spacial score (nSPS) is 11.4. The molecule has 2 nitrogen and oxygen atoms in total. The number of hydrogen-bond donors (Lipinski definition) is 0. The van der Waals surface area contributed by atoms with Gasteiger partial charge in [0.2, 0.25) is 0 Å². The average Bonchev–Trinajstić information content (AvgIpc) is 2.36. The van der Waals surface area contributed by atoms with Gasteiger partial charge in [0.1, 0.15) is 17.5 Å². The highest BCUT2D eigenvalue weighted by molar-refractivity contribution is 6.30. The number of aryl methyl sites for hydroxylation is 1. The van der Waals surface area contributed by atoms with Crippen LogP contribution in [0.2, 0.25) is 5.15 Å². The van der Waals surface area contributed by atoms with Gasteiger partial charge in [-0.1, -0.05) is 50.6 Å². The molecule has 1 aromatic heterocycles. The Morgan fingerprint density at radius 1 is 1.20 bits per heavy atom. The summed E-state index contributed by atoms with van der Waals surface area (Å²) in [5, 5.41) is 0.498. The van der Waals surface area contributed by atoms with Crippen LogP contribution >= 0.6 is 11.6 Å². The summed E-state index contributed by atoms with van der Waals surface area (Å²) in [7, 11) is 0. The third-order valence-corrected chi connectivity index (χ3v) is 3.50. The van der Waals surface area contributed by atoms with Crippen molar-refractivity contribution in [2.45, 2.75) is 39.7 Å².